The summed E-state index contributed by atoms with van der Waals surface area (Å²) in [5.74, 6) is -2.15. The summed E-state index contributed by atoms with van der Waals surface area (Å²) in [6.07, 6.45) is -4.12. The molecule has 0 spiro atoms. The number of hydrogen-bond donors (Lipinski definition) is 3. The van der Waals surface area contributed by atoms with Crippen LogP contribution in [0.2, 0.25) is 0 Å². The molecule has 0 saturated carbocycles. The van der Waals surface area contributed by atoms with Gasteiger partial charge in [-0.05, 0) is 0 Å². The number of aliphatic carboxylic acids is 2. The van der Waals surface area contributed by atoms with E-state index in [0.717, 1.165) is 0 Å². The maximum atomic E-state index is 9.64. The average molecular weight is 222 g/mol. The van der Waals surface area contributed by atoms with Gasteiger partial charge in [-0.2, -0.15) is 0 Å². The van der Waals surface area contributed by atoms with Crippen LogP contribution in [0.3, 0.4) is 0 Å². The molecular weight excluding hydrogens is 215 g/mol. The number of carboxylic acids is 2. The standard InChI is InChI=1S/C4H6O4.Na.HO3S/c5-3(6)1-2-4(7)8;;1-4(2)3/h1-2H2,(H,5,6)(H,7,8);;(H,1,2,3). The fourth-order valence-corrected chi connectivity index (χ4v) is 0.214. The Morgan fingerprint density at radius 2 is 1.23 bits per heavy atom. The third-order valence-corrected chi connectivity index (χ3v) is 0.553. The first-order valence-electron chi connectivity index (χ1n) is 2.99. The van der Waals surface area contributed by atoms with E-state index in [1.54, 1.807) is 0 Å². The van der Waals surface area contributed by atoms with E-state index in [1.807, 2.05) is 0 Å². The van der Waals surface area contributed by atoms with Gasteiger partial charge in [0.15, 0.2) is 0 Å². The second-order valence-corrected chi connectivity index (χ2v) is 6.58. The molecule has 9 heteroatoms. The van der Waals surface area contributed by atoms with Crippen LogP contribution in [0.4, 0.5) is 0 Å². The SMILES string of the molecule is O=C(O)CCC(=O)O.O=[S](=O)(O)[Na]. The molecule has 0 radical (unpaired) electrons. The minimum atomic E-state index is -3.53. The summed E-state index contributed by atoms with van der Waals surface area (Å²) in [5, 5.41) is 15.8. The molecule has 7 nitrogen and oxygen atoms in total. The molecule has 0 aliphatic heterocycles. The second-order valence-electron chi connectivity index (χ2n) is 2.02. The first-order valence-corrected chi connectivity index (χ1v) is 7.28. The zero-order chi connectivity index (χ0) is 11.1. The van der Waals surface area contributed by atoms with E-state index in [1.165, 1.54) is 0 Å². The third kappa shape index (κ3) is 48.9. The van der Waals surface area contributed by atoms with Crippen molar-refractivity contribution >= 4 is 44.5 Å². The van der Waals surface area contributed by atoms with Gasteiger partial charge >= 0.3 is 57.5 Å². The molecular formula is C4H7NaO7S. The molecule has 0 aromatic carbocycles. The third-order valence-electron chi connectivity index (χ3n) is 0.553. The van der Waals surface area contributed by atoms with Gasteiger partial charge in [0.2, 0.25) is 0 Å². The maximum absolute atomic E-state index is 9.64. The van der Waals surface area contributed by atoms with E-state index in [4.69, 9.17) is 14.8 Å². The van der Waals surface area contributed by atoms with Crippen LogP contribution < -0.4 is 0 Å². The summed E-state index contributed by atoms with van der Waals surface area (Å²) in [5.41, 5.74) is 0. The molecule has 0 unspecified atom stereocenters. The molecule has 0 atom stereocenters. The van der Waals surface area contributed by atoms with E-state index in [0.29, 0.717) is 0 Å². The summed E-state index contributed by atoms with van der Waals surface area (Å²) >= 11 is -0.164. The molecule has 0 heterocycles. The molecule has 0 fully saturated rings. The molecule has 0 saturated heterocycles. The predicted octanol–water partition coefficient (Wildman–Crippen LogP) is -1.11. The monoisotopic (exact) mass is 222 g/mol. The van der Waals surface area contributed by atoms with Crippen LogP contribution in [-0.4, -0.2) is 61.5 Å². The number of carbonyl (C=O) groups is 2. The van der Waals surface area contributed by atoms with Crippen molar-refractivity contribution in [3.8, 4) is 0 Å². The van der Waals surface area contributed by atoms with Crippen molar-refractivity contribution < 1.29 is 32.8 Å². The van der Waals surface area contributed by atoms with Crippen molar-refractivity contribution in [2.75, 3.05) is 0 Å². The van der Waals surface area contributed by atoms with Crippen molar-refractivity contribution in [3.05, 3.63) is 0 Å². The molecule has 0 aliphatic carbocycles. The van der Waals surface area contributed by atoms with Crippen LogP contribution in [0.1, 0.15) is 12.8 Å². The van der Waals surface area contributed by atoms with Gasteiger partial charge in [-0.1, -0.05) is 0 Å². The Balaban J connectivity index is 0. The van der Waals surface area contributed by atoms with Crippen molar-refractivity contribution in [3.63, 3.8) is 0 Å². The number of rotatable bonds is 3. The van der Waals surface area contributed by atoms with Crippen LogP contribution in [0.25, 0.3) is 0 Å². The van der Waals surface area contributed by atoms with Gasteiger partial charge in [-0.25, -0.2) is 0 Å². The molecule has 0 bridgehead atoms. The van der Waals surface area contributed by atoms with Crippen LogP contribution in [0, 0.1) is 0 Å². The van der Waals surface area contributed by atoms with Crippen LogP contribution in [0.5, 0.6) is 0 Å². The van der Waals surface area contributed by atoms with Gasteiger partial charge < -0.3 is 10.2 Å². The van der Waals surface area contributed by atoms with Crippen molar-refractivity contribution in [1.29, 1.82) is 0 Å². The Hall–Kier alpha value is -0.150. The summed E-state index contributed by atoms with van der Waals surface area (Å²) in [7, 11) is 0. The quantitative estimate of drug-likeness (QED) is 0.408. The van der Waals surface area contributed by atoms with Crippen LogP contribution >= 0.6 is 0 Å². The second kappa shape index (κ2) is 7.27. The summed E-state index contributed by atoms with van der Waals surface area (Å²) in [4.78, 5) is 19.3. The summed E-state index contributed by atoms with van der Waals surface area (Å²) < 4.78 is 26.1. The Labute approximate surface area is 89.9 Å². The van der Waals surface area contributed by atoms with E-state index >= 15 is 0 Å². The van der Waals surface area contributed by atoms with Gasteiger partial charge in [-0.15, -0.1) is 0 Å². The molecule has 3 N–H and O–H groups in total. The molecule has 72 valence electrons. The molecule has 0 aliphatic rings. The molecule has 0 rings (SSSR count). The first-order chi connectivity index (χ1) is 5.63. The Bertz CT molecular complexity index is 246. The van der Waals surface area contributed by atoms with E-state index in [-0.39, 0.29) is 39.2 Å². The Kier molecular flexibility index (Phi) is 8.57. The minimum absolute atomic E-state index is 0.164. The van der Waals surface area contributed by atoms with Crippen molar-refractivity contribution in [2.45, 2.75) is 12.8 Å². The summed E-state index contributed by atoms with van der Waals surface area (Å²) in [6.45, 7) is 0. The molecule has 0 aromatic heterocycles. The van der Waals surface area contributed by atoms with Gasteiger partial charge in [0.25, 0.3) is 0 Å². The zero-order valence-electron chi connectivity index (χ0n) is 6.80. The molecule has 0 amide bonds. The zero-order valence-corrected chi connectivity index (χ0v) is 9.61. The fourth-order valence-electron chi connectivity index (χ4n) is 0.214. The van der Waals surface area contributed by atoms with Crippen LogP contribution in [-0.2, 0) is 15.8 Å². The van der Waals surface area contributed by atoms with Crippen molar-refractivity contribution in [2.24, 2.45) is 0 Å². The molecule has 0 aromatic rings. The number of hydrogen-bond acceptors (Lipinski definition) is 4. The van der Waals surface area contributed by atoms with Gasteiger partial charge in [0, 0.05) is 0 Å². The first kappa shape index (κ1) is 15.3. The normalized spacial score (nSPS) is 9.77. The summed E-state index contributed by atoms with van der Waals surface area (Å²) in [6, 6.07) is 0. The van der Waals surface area contributed by atoms with E-state index in [9.17, 15) is 18.0 Å². The van der Waals surface area contributed by atoms with Gasteiger partial charge in [0.1, 0.15) is 0 Å². The van der Waals surface area contributed by atoms with Gasteiger partial charge in [-0.3, -0.25) is 9.59 Å². The van der Waals surface area contributed by atoms with E-state index in [2.05, 4.69) is 0 Å². The topological polar surface area (TPSA) is 129 Å². The van der Waals surface area contributed by atoms with Crippen molar-refractivity contribution in [1.82, 2.24) is 0 Å². The Morgan fingerprint density at radius 1 is 1.08 bits per heavy atom. The number of carboxylic acid groups (broad SMARTS) is 2. The molecule has 13 heavy (non-hydrogen) atoms. The van der Waals surface area contributed by atoms with E-state index < -0.39 is 18.2 Å². The van der Waals surface area contributed by atoms with Gasteiger partial charge in [0.05, 0.1) is 12.8 Å². The van der Waals surface area contributed by atoms with Crippen LogP contribution in [0.15, 0.2) is 0 Å². The predicted molar refractivity (Wildman–Crippen MR) is 41.8 cm³/mol. The fraction of sp³-hybridized carbons (Fsp3) is 0.500. The average Bonchev–Trinajstić information content (AvgIpc) is 1.79. The Morgan fingerprint density at radius 3 is 1.31 bits per heavy atom.